The van der Waals surface area contributed by atoms with Gasteiger partial charge in [-0.15, -0.1) is 0 Å². The number of aromatic nitrogens is 2. The van der Waals surface area contributed by atoms with Crippen LogP contribution >= 0.6 is 0 Å². The van der Waals surface area contributed by atoms with Crippen LogP contribution in [-0.4, -0.2) is 38.0 Å². The van der Waals surface area contributed by atoms with E-state index in [0.29, 0.717) is 18.7 Å². The highest BCUT2D eigenvalue weighted by Crippen LogP contribution is 2.21. The molecule has 3 N–H and O–H groups in total. The number of aryl methyl sites for hydroxylation is 1. The summed E-state index contributed by atoms with van der Waals surface area (Å²) in [7, 11) is -0.484. The van der Waals surface area contributed by atoms with Crippen LogP contribution in [0, 0.1) is 6.92 Å². The lowest BCUT2D eigenvalue weighted by Gasteiger charge is -2.17. The van der Waals surface area contributed by atoms with Crippen molar-refractivity contribution in [2.45, 2.75) is 37.6 Å². The lowest BCUT2D eigenvalue weighted by Crippen LogP contribution is -2.38. The lowest BCUT2D eigenvalue weighted by molar-refractivity contribution is 0.171. The van der Waals surface area contributed by atoms with Gasteiger partial charge < -0.3 is 10.5 Å². The van der Waals surface area contributed by atoms with Crippen LogP contribution in [0.4, 0.5) is 5.82 Å². The Kier molecular flexibility index (Phi) is 5.33. The monoisotopic (exact) mass is 290 g/mol. The number of hydrogen-bond acceptors (Lipinski definition) is 5. The van der Waals surface area contributed by atoms with E-state index in [9.17, 15) is 8.42 Å². The molecule has 0 amide bonds. The molecule has 0 saturated heterocycles. The Labute approximate surface area is 114 Å². The van der Waals surface area contributed by atoms with Gasteiger partial charge in [-0.25, -0.2) is 13.1 Å². The summed E-state index contributed by atoms with van der Waals surface area (Å²) in [5.41, 5.74) is 6.18. The van der Waals surface area contributed by atoms with Gasteiger partial charge in [0.2, 0.25) is 10.0 Å². The summed E-state index contributed by atoms with van der Waals surface area (Å²) >= 11 is 0. The highest BCUT2D eigenvalue weighted by molar-refractivity contribution is 7.89. The molecule has 0 saturated carbocycles. The summed E-state index contributed by atoms with van der Waals surface area (Å²) in [5, 5.41) is 3.92. The van der Waals surface area contributed by atoms with Gasteiger partial charge in [0.15, 0.2) is 5.82 Å². The molecule has 1 aromatic heterocycles. The van der Waals surface area contributed by atoms with Crippen molar-refractivity contribution in [1.82, 2.24) is 14.5 Å². The number of hydrogen-bond donors (Lipinski definition) is 2. The summed E-state index contributed by atoms with van der Waals surface area (Å²) in [5.74, 6) is 0.0140. The van der Waals surface area contributed by atoms with E-state index in [4.69, 9.17) is 10.5 Å². The molecule has 0 bridgehead atoms. The quantitative estimate of drug-likeness (QED) is 0.757. The van der Waals surface area contributed by atoms with Gasteiger partial charge in [-0.05, 0) is 13.3 Å². The standard InChI is InChI=1S/C11H22N4O3S/c1-5-6-9(7-18-4)14-19(16,17)10-8(2)15(3)13-11(10)12/h9,14H,5-7H2,1-4H3,(H2,12,13). The van der Waals surface area contributed by atoms with Gasteiger partial charge >= 0.3 is 0 Å². The van der Waals surface area contributed by atoms with Gasteiger partial charge in [0.25, 0.3) is 0 Å². The molecule has 1 rings (SSSR count). The number of nitrogen functional groups attached to an aromatic ring is 1. The Morgan fingerprint density at radius 3 is 2.58 bits per heavy atom. The first-order valence-electron chi connectivity index (χ1n) is 6.13. The van der Waals surface area contributed by atoms with Crippen LogP contribution in [0.5, 0.6) is 0 Å². The topological polar surface area (TPSA) is 99.2 Å². The van der Waals surface area contributed by atoms with E-state index in [1.807, 2.05) is 6.92 Å². The Bertz CT molecular complexity index is 518. The molecule has 1 atom stereocenters. The molecule has 0 aliphatic heterocycles. The lowest BCUT2D eigenvalue weighted by atomic mass is 10.2. The maximum Gasteiger partial charge on any atom is 0.246 e. The van der Waals surface area contributed by atoms with Crippen LogP contribution in [0.15, 0.2) is 4.90 Å². The van der Waals surface area contributed by atoms with E-state index < -0.39 is 10.0 Å². The summed E-state index contributed by atoms with van der Waals surface area (Å²) in [6, 6.07) is -0.265. The van der Waals surface area contributed by atoms with Crippen LogP contribution < -0.4 is 10.5 Å². The zero-order chi connectivity index (χ0) is 14.6. The number of anilines is 1. The Balaban J connectivity index is 3.03. The number of rotatable bonds is 7. The molecule has 0 aliphatic rings. The number of methoxy groups -OCH3 is 1. The van der Waals surface area contributed by atoms with Crippen LogP contribution in [0.1, 0.15) is 25.5 Å². The van der Waals surface area contributed by atoms with Gasteiger partial charge in [0.05, 0.1) is 12.3 Å². The third-order valence-electron chi connectivity index (χ3n) is 2.90. The van der Waals surface area contributed by atoms with Gasteiger partial charge in [0.1, 0.15) is 4.90 Å². The molecule has 1 unspecified atom stereocenters. The van der Waals surface area contributed by atoms with E-state index in [2.05, 4.69) is 9.82 Å². The Morgan fingerprint density at radius 1 is 1.53 bits per heavy atom. The molecule has 0 aliphatic carbocycles. The van der Waals surface area contributed by atoms with Gasteiger partial charge in [-0.1, -0.05) is 13.3 Å². The minimum absolute atomic E-state index is 0.0140. The fourth-order valence-electron chi connectivity index (χ4n) is 1.95. The summed E-state index contributed by atoms with van der Waals surface area (Å²) in [6.45, 7) is 3.98. The highest BCUT2D eigenvalue weighted by atomic mass is 32.2. The number of sulfonamides is 1. The third kappa shape index (κ3) is 3.68. The molecular weight excluding hydrogens is 268 g/mol. The summed E-state index contributed by atoms with van der Waals surface area (Å²) in [4.78, 5) is 0.0483. The Hall–Kier alpha value is -1.12. The first-order chi connectivity index (χ1) is 8.83. The fourth-order valence-corrected chi connectivity index (χ4v) is 3.53. The van der Waals surface area contributed by atoms with Crippen molar-refractivity contribution in [1.29, 1.82) is 0 Å². The van der Waals surface area contributed by atoms with Crippen LogP contribution in [0.3, 0.4) is 0 Å². The van der Waals surface area contributed by atoms with E-state index in [1.54, 1.807) is 21.1 Å². The summed E-state index contributed by atoms with van der Waals surface area (Å²) < 4.78 is 33.8. The summed E-state index contributed by atoms with van der Waals surface area (Å²) in [6.07, 6.45) is 1.56. The van der Waals surface area contributed by atoms with Crippen molar-refractivity contribution < 1.29 is 13.2 Å². The zero-order valence-corrected chi connectivity index (χ0v) is 12.6. The van der Waals surface area contributed by atoms with Crippen molar-refractivity contribution in [3.05, 3.63) is 5.69 Å². The van der Waals surface area contributed by atoms with E-state index >= 15 is 0 Å². The number of nitrogens with one attached hydrogen (secondary N) is 1. The van der Waals surface area contributed by atoms with Crippen LogP contribution in [-0.2, 0) is 21.8 Å². The first kappa shape index (κ1) is 15.9. The largest absolute Gasteiger partial charge is 0.383 e. The van der Waals surface area contributed by atoms with Crippen LogP contribution in [0.25, 0.3) is 0 Å². The van der Waals surface area contributed by atoms with Crippen molar-refractivity contribution in [3.63, 3.8) is 0 Å². The zero-order valence-electron chi connectivity index (χ0n) is 11.8. The molecule has 8 heteroatoms. The number of nitrogens with zero attached hydrogens (tertiary/aromatic N) is 2. The second kappa shape index (κ2) is 6.36. The van der Waals surface area contributed by atoms with Crippen LogP contribution in [0.2, 0.25) is 0 Å². The SMILES string of the molecule is CCCC(COC)NS(=O)(=O)c1c(N)nn(C)c1C. The normalized spacial score (nSPS) is 13.7. The average molecular weight is 290 g/mol. The predicted octanol–water partition coefficient (Wildman–Crippen LogP) is 0.404. The molecule has 1 aromatic rings. The molecule has 0 radical (unpaired) electrons. The second-order valence-electron chi connectivity index (χ2n) is 4.49. The molecule has 110 valence electrons. The number of ether oxygens (including phenoxy) is 1. The van der Waals surface area contributed by atoms with Gasteiger partial charge in [0, 0.05) is 20.2 Å². The fraction of sp³-hybridized carbons (Fsp3) is 0.727. The Morgan fingerprint density at radius 2 is 2.16 bits per heavy atom. The second-order valence-corrected chi connectivity index (χ2v) is 6.14. The molecule has 0 fully saturated rings. The van der Waals surface area contributed by atoms with E-state index in [-0.39, 0.29) is 16.8 Å². The van der Waals surface area contributed by atoms with Crippen molar-refractivity contribution in [3.8, 4) is 0 Å². The first-order valence-corrected chi connectivity index (χ1v) is 7.62. The molecule has 7 nitrogen and oxygen atoms in total. The maximum absolute atomic E-state index is 12.3. The molecular formula is C11H22N4O3S. The van der Waals surface area contributed by atoms with Crippen molar-refractivity contribution in [2.75, 3.05) is 19.5 Å². The molecule has 0 aromatic carbocycles. The predicted molar refractivity (Wildman–Crippen MR) is 73.3 cm³/mol. The van der Waals surface area contributed by atoms with E-state index in [0.717, 1.165) is 6.42 Å². The van der Waals surface area contributed by atoms with Crippen molar-refractivity contribution >= 4 is 15.8 Å². The smallest absolute Gasteiger partial charge is 0.246 e. The van der Waals surface area contributed by atoms with E-state index in [1.165, 1.54) is 4.68 Å². The highest BCUT2D eigenvalue weighted by Gasteiger charge is 2.27. The average Bonchev–Trinajstić information content (AvgIpc) is 2.53. The molecule has 19 heavy (non-hydrogen) atoms. The number of nitrogens with two attached hydrogens (primary N) is 1. The molecule has 1 heterocycles. The minimum Gasteiger partial charge on any atom is -0.383 e. The van der Waals surface area contributed by atoms with Gasteiger partial charge in [-0.2, -0.15) is 5.10 Å². The van der Waals surface area contributed by atoms with Gasteiger partial charge in [-0.3, -0.25) is 4.68 Å². The maximum atomic E-state index is 12.3. The third-order valence-corrected chi connectivity index (χ3v) is 4.59. The minimum atomic E-state index is -3.68. The molecule has 0 spiro atoms. The van der Waals surface area contributed by atoms with Crippen molar-refractivity contribution in [2.24, 2.45) is 7.05 Å².